The van der Waals surface area contributed by atoms with E-state index in [1.807, 2.05) is 0 Å². The Hall–Kier alpha value is -0.710. The third-order valence-corrected chi connectivity index (χ3v) is 2.93. The minimum Gasteiger partial charge on any atom is -0.350 e. The number of rotatable bonds is 3. The predicted molar refractivity (Wildman–Crippen MR) is 53.5 cm³/mol. The molecule has 0 radical (unpaired) electrons. The monoisotopic (exact) mass is 220 g/mol. The van der Waals surface area contributed by atoms with Crippen LogP contribution in [0.4, 0.5) is 8.78 Å². The molecule has 0 aliphatic heterocycles. The SMILES string of the molecule is CC1CCC(N)C(C(=O)NCC(F)F)C1. The van der Waals surface area contributed by atoms with Crippen molar-refractivity contribution < 1.29 is 13.6 Å². The van der Waals surface area contributed by atoms with E-state index in [-0.39, 0.29) is 17.9 Å². The molecule has 3 atom stereocenters. The molecule has 1 rings (SSSR count). The Morgan fingerprint density at radius 3 is 2.80 bits per heavy atom. The summed E-state index contributed by atoms with van der Waals surface area (Å²) >= 11 is 0. The summed E-state index contributed by atoms with van der Waals surface area (Å²) < 4.78 is 23.8. The van der Waals surface area contributed by atoms with Crippen molar-refractivity contribution in [3.05, 3.63) is 0 Å². The Balaban J connectivity index is 2.42. The first kappa shape index (κ1) is 12.4. The van der Waals surface area contributed by atoms with Gasteiger partial charge in [0.1, 0.15) is 0 Å². The fraction of sp³-hybridized carbons (Fsp3) is 0.900. The number of hydrogen-bond acceptors (Lipinski definition) is 2. The second-order valence-corrected chi connectivity index (χ2v) is 4.32. The molecule has 1 fully saturated rings. The van der Waals surface area contributed by atoms with Gasteiger partial charge in [0.05, 0.1) is 12.5 Å². The van der Waals surface area contributed by atoms with E-state index in [1.54, 1.807) is 0 Å². The zero-order valence-corrected chi connectivity index (χ0v) is 8.88. The van der Waals surface area contributed by atoms with Gasteiger partial charge in [0, 0.05) is 6.04 Å². The molecule has 88 valence electrons. The topological polar surface area (TPSA) is 55.1 Å². The zero-order chi connectivity index (χ0) is 11.4. The number of halogens is 2. The second-order valence-electron chi connectivity index (χ2n) is 4.32. The van der Waals surface area contributed by atoms with E-state index in [1.165, 1.54) is 0 Å². The minimum absolute atomic E-state index is 0.182. The van der Waals surface area contributed by atoms with Gasteiger partial charge in [-0.05, 0) is 25.2 Å². The third kappa shape index (κ3) is 3.74. The highest BCUT2D eigenvalue weighted by Crippen LogP contribution is 2.27. The normalized spacial score (nSPS) is 31.7. The number of alkyl halides is 2. The number of amides is 1. The van der Waals surface area contributed by atoms with Crippen molar-refractivity contribution in [1.82, 2.24) is 5.32 Å². The molecule has 0 aromatic carbocycles. The molecule has 0 bridgehead atoms. The maximum Gasteiger partial charge on any atom is 0.255 e. The van der Waals surface area contributed by atoms with Crippen molar-refractivity contribution in [3.63, 3.8) is 0 Å². The average molecular weight is 220 g/mol. The first-order valence-electron chi connectivity index (χ1n) is 5.32. The molecule has 1 amide bonds. The fourth-order valence-electron chi connectivity index (χ4n) is 2.01. The Labute approximate surface area is 88.4 Å². The quantitative estimate of drug-likeness (QED) is 0.749. The lowest BCUT2D eigenvalue weighted by molar-refractivity contribution is -0.127. The molecular weight excluding hydrogens is 202 g/mol. The maximum absolute atomic E-state index is 11.9. The number of nitrogens with two attached hydrogens (primary N) is 1. The van der Waals surface area contributed by atoms with Gasteiger partial charge in [-0.1, -0.05) is 6.92 Å². The molecule has 3 N–H and O–H groups in total. The maximum atomic E-state index is 11.9. The Morgan fingerprint density at radius 1 is 1.53 bits per heavy atom. The molecule has 0 aromatic rings. The van der Waals surface area contributed by atoms with Crippen molar-refractivity contribution >= 4 is 5.91 Å². The van der Waals surface area contributed by atoms with E-state index in [0.29, 0.717) is 12.3 Å². The summed E-state index contributed by atoms with van der Waals surface area (Å²) in [6.07, 6.45) is 0.0236. The molecule has 0 saturated heterocycles. The largest absolute Gasteiger partial charge is 0.350 e. The summed E-state index contributed by atoms with van der Waals surface area (Å²) in [4.78, 5) is 11.5. The van der Waals surface area contributed by atoms with Crippen LogP contribution in [0.15, 0.2) is 0 Å². The van der Waals surface area contributed by atoms with Crippen LogP contribution in [0.25, 0.3) is 0 Å². The highest BCUT2D eigenvalue weighted by Gasteiger charge is 2.31. The Morgan fingerprint density at radius 2 is 2.20 bits per heavy atom. The lowest BCUT2D eigenvalue weighted by Gasteiger charge is -2.31. The highest BCUT2D eigenvalue weighted by atomic mass is 19.3. The van der Waals surface area contributed by atoms with E-state index >= 15 is 0 Å². The lowest BCUT2D eigenvalue weighted by atomic mass is 9.79. The molecule has 1 aliphatic carbocycles. The van der Waals surface area contributed by atoms with Crippen LogP contribution in [-0.2, 0) is 4.79 Å². The smallest absolute Gasteiger partial charge is 0.255 e. The van der Waals surface area contributed by atoms with Crippen molar-refractivity contribution in [1.29, 1.82) is 0 Å². The molecule has 0 aromatic heterocycles. The molecule has 1 saturated carbocycles. The predicted octanol–water partition coefficient (Wildman–Crippen LogP) is 1.13. The van der Waals surface area contributed by atoms with Crippen LogP contribution in [0.1, 0.15) is 26.2 Å². The summed E-state index contributed by atoms with van der Waals surface area (Å²) in [7, 11) is 0. The van der Waals surface area contributed by atoms with Gasteiger partial charge in [0.25, 0.3) is 6.43 Å². The van der Waals surface area contributed by atoms with Crippen LogP contribution >= 0.6 is 0 Å². The average Bonchev–Trinajstić information content (AvgIpc) is 2.18. The van der Waals surface area contributed by atoms with E-state index in [0.717, 1.165) is 12.8 Å². The summed E-state index contributed by atoms with van der Waals surface area (Å²) in [5.74, 6) is -0.172. The van der Waals surface area contributed by atoms with Crippen molar-refractivity contribution in [2.45, 2.75) is 38.7 Å². The summed E-state index contributed by atoms with van der Waals surface area (Å²) in [6, 6.07) is -0.182. The lowest BCUT2D eigenvalue weighted by Crippen LogP contribution is -2.46. The standard InChI is InChI=1S/C10H18F2N2O/c1-6-2-3-8(13)7(4-6)10(15)14-5-9(11)12/h6-9H,2-5,13H2,1H3,(H,14,15). The van der Waals surface area contributed by atoms with Crippen LogP contribution in [0.3, 0.4) is 0 Å². The number of hydrogen-bond donors (Lipinski definition) is 2. The Bertz CT molecular complexity index is 223. The van der Waals surface area contributed by atoms with E-state index < -0.39 is 13.0 Å². The van der Waals surface area contributed by atoms with Crippen LogP contribution < -0.4 is 11.1 Å². The van der Waals surface area contributed by atoms with E-state index in [4.69, 9.17) is 5.73 Å². The van der Waals surface area contributed by atoms with Gasteiger partial charge in [-0.2, -0.15) is 0 Å². The fourth-order valence-corrected chi connectivity index (χ4v) is 2.01. The van der Waals surface area contributed by atoms with Crippen molar-refractivity contribution in [2.75, 3.05) is 6.54 Å². The van der Waals surface area contributed by atoms with Gasteiger partial charge < -0.3 is 11.1 Å². The van der Waals surface area contributed by atoms with Gasteiger partial charge in [-0.15, -0.1) is 0 Å². The minimum atomic E-state index is -2.49. The van der Waals surface area contributed by atoms with Crippen LogP contribution in [0, 0.1) is 11.8 Å². The van der Waals surface area contributed by atoms with Gasteiger partial charge >= 0.3 is 0 Å². The molecule has 5 heteroatoms. The molecular formula is C10H18F2N2O. The van der Waals surface area contributed by atoms with E-state index in [9.17, 15) is 13.6 Å². The molecule has 3 unspecified atom stereocenters. The Kier molecular flexibility index (Phi) is 4.45. The number of nitrogens with one attached hydrogen (secondary N) is 1. The van der Waals surface area contributed by atoms with Gasteiger partial charge in [0.15, 0.2) is 0 Å². The van der Waals surface area contributed by atoms with Gasteiger partial charge in [-0.25, -0.2) is 8.78 Å². The van der Waals surface area contributed by atoms with Crippen LogP contribution in [0.2, 0.25) is 0 Å². The molecule has 1 aliphatic rings. The van der Waals surface area contributed by atoms with Crippen molar-refractivity contribution in [3.8, 4) is 0 Å². The molecule has 0 spiro atoms. The molecule has 3 nitrogen and oxygen atoms in total. The molecule has 0 heterocycles. The summed E-state index contributed by atoms with van der Waals surface area (Å²) in [5, 5.41) is 2.23. The zero-order valence-electron chi connectivity index (χ0n) is 8.88. The molecule has 15 heavy (non-hydrogen) atoms. The highest BCUT2D eigenvalue weighted by molar-refractivity contribution is 5.79. The first-order chi connectivity index (χ1) is 7.00. The second kappa shape index (κ2) is 5.39. The number of carbonyl (C=O) groups is 1. The van der Waals surface area contributed by atoms with Gasteiger partial charge in [0.2, 0.25) is 5.91 Å². The summed E-state index contributed by atoms with van der Waals surface area (Å²) in [5.41, 5.74) is 5.80. The van der Waals surface area contributed by atoms with E-state index in [2.05, 4.69) is 12.2 Å². The third-order valence-electron chi connectivity index (χ3n) is 2.93. The van der Waals surface area contributed by atoms with Crippen LogP contribution in [0.5, 0.6) is 0 Å². The van der Waals surface area contributed by atoms with Gasteiger partial charge in [-0.3, -0.25) is 4.79 Å². The van der Waals surface area contributed by atoms with Crippen LogP contribution in [-0.4, -0.2) is 24.9 Å². The first-order valence-corrected chi connectivity index (χ1v) is 5.32. The summed E-state index contributed by atoms with van der Waals surface area (Å²) in [6.45, 7) is 1.48. The van der Waals surface area contributed by atoms with Crippen molar-refractivity contribution in [2.24, 2.45) is 17.6 Å². The number of carbonyl (C=O) groups excluding carboxylic acids is 1.